The number of thioether (sulfide) groups is 1. The van der Waals surface area contributed by atoms with E-state index in [0.717, 1.165) is 17.3 Å². The van der Waals surface area contributed by atoms with Gasteiger partial charge in [-0.15, -0.1) is 0 Å². The average Bonchev–Trinajstić information content (AvgIpc) is 3.23. The number of aryl methyl sites for hydroxylation is 1. The van der Waals surface area contributed by atoms with Crippen LogP contribution >= 0.6 is 34.4 Å². The van der Waals surface area contributed by atoms with Gasteiger partial charge in [-0.05, 0) is 84.8 Å². The molecule has 1 aliphatic heterocycles. The topological polar surface area (TPSA) is 94.4 Å². The molecule has 4 rings (SSSR count). The summed E-state index contributed by atoms with van der Waals surface area (Å²) in [6, 6.07) is 16.9. The van der Waals surface area contributed by atoms with Crippen molar-refractivity contribution in [3.63, 3.8) is 0 Å². The lowest BCUT2D eigenvalue weighted by atomic mass is 10.1. The van der Waals surface area contributed by atoms with E-state index in [4.69, 9.17) is 14.2 Å². The number of aliphatic imine (C=N–C) groups is 1. The zero-order chi connectivity index (χ0) is 29.5. The third-order valence-electron chi connectivity index (χ3n) is 5.91. The number of nitrogens with zero attached hydrogens (tertiary/aromatic N) is 1. The number of benzene rings is 3. The Balaban J connectivity index is 1.69. The van der Waals surface area contributed by atoms with Crippen LogP contribution in [-0.2, 0) is 16.1 Å². The van der Waals surface area contributed by atoms with Crippen LogP contribution in [0.1, 0.15) is 40.9 Å². The summed E-state index contributed by atoms with van der Waals surface area (Å²) in [4.78, 5) is 30.2. The minimum atomic E-state index is -0.779. The maximum atomic E-state index is 14.1. The molecule has 1 heterocycles. The molecular formula is C31H27FINO6S. The van der Waals surface area contributed by atoms with Gasteiger partial charge in [-0.25, -0.2) is 14.2 Å². The largest absolute Gasteiger partial charge is 0.506 e. The minimum Gasteiger partial charge on any atom is -0.506 e. The van der Waals surface area contributed by atoms with Crippen LogP contribution < -0.4 is 9.47 Å². The zero-order valence-corrected chi connectivity index (χ0v) is 25.5. The predicted octanol–water partition coefficient (Wildman–Crippen LogP) is 7.42. The fourth-order valence-corrected chi connectivity index (χ4v) is 5.74. The van der Waals surface area contributed by atoms with E-state index in [-0.39, 0.29) is 35.4 Å². The van der Waals surface area contributed by atoms with Crippen LogP contribution in [0.3, 0.4) is 0 Å². The Morgan fingerprint density at radius 2 is 1.78 bits per heavy atom. The Morgan fingerprint density at radius 3 is 2.49 bits per heavy atom. The van der Waals surface area contributed by atoms with Gasteiger partial charge in [-0.3, -0.25) is 4.79 Å². The highest BCUT2D eigenvalue weighted by Crippen LogP contribution is 2.41. The van der Waals surface area contributed by atoms with E-state index in [9.17, 15) is 19.1 Å². The average molecular weight is 688 g/mol. The minimum absolute atomic E-state index is 0.0141. The molecule has 0 atom stereocenters. The molecule has 0 saturated carbocycles. The second-order valence-electron chi connectivity index (χ2n) is 8.73. The molecule has 0 spiro atoms. The standard InChI is InChI=1S/C31H27FINO6S/c1-4-38-24-15-19(14-23(33)28(24)40-17-20-11-7-9-13-22(20)32)16-25-27(35)26(31(37)39-5-2)30(41-25)34-29(36)21-12-8-6-10-18(21)3/h6-16,35H,4-5,17H2,1-3H3/b25-16-,34-30?. The van der Waals surface area contributed by atoms with Crippen LogP contribution in [0.4, 0.5) is 4.39 Å². The molecule has 3 aromatic carbocycles. The molecule has 0 saturated heterocycles. The highest BCUT2D eigenvalue weighted by molar-refractivity contribution is 14.1. The maximum absolute atomic E-state index is 14.1. The van der Waals surface area contributed by atoms with Gasteiger partial charge in [0.15, 0.2) is 11.5 Å². The van der Waals surface area contributed by atoms with Gasteiger partial charge < -0.3 is 19.3 Å². The smallest absolute Gasteiger partial charge is 0.344 e. The molecule has 0 bridgehead atoms. The van der Waals surface area contributed by atoms with Crippen molar-refractivity contribution in [1.82, 2.24) is 0 Å². The SMILES string of the molecule is CCOC(=O)C1=C(O)/C(=C/c2cc(I)c(OCc3ccccc3F)c(OCC)c2)SC1=NC(=O)c1ccccc1C. The van der Waals surface area contributed by atoms with Crippen LogP contribution in [0, 0.1) is 16.3 Å². The molecule has 212 valence electrons. The van der Waals surface area contributed by atoms with Crippen molar-refractivity contribution in [1.29, 1.82) is 0 Å². The molecule has 1 aliphatic rings. The maximum Gasteiger partial charge on any atom is 0.344 e. The van der Waals surface area contributed by atoms with Crippen molar-refractivity contribution in [2.45, 2.75) is 27.4 Å². The molecule has 10 heteroatoms. The molecule has 0 aliphatic carbocycles. The second-order valence-corrected chi connectivity index (χ2v) is 10.9. The number of halogens is 2. The van der Waals surface area contributed by atoms with Crippen LogP contribution in [0.25, 0.3) is 6.08 Å². The summed E-state index contributed by atoms with van der Waals surface area (Å²) in [7, 11) is 0. The summed E-state index contributed by atoms with van der Waals surface area (Å²) >= 11 is 3.09. The number of ether oxygens (including phenoxy) is 3. The Hall–Kier alpha value is -3.64. The highest BCUT2D eigenvalue weighted by atomic mass is 127. The van der Waals surface area contributed by atoms with Crippen LogP contribution in [0.5, 0.6) is 11.5 Å². The molecule has 41 heavy (non-hydrogen) atoms. The zero-order valence-electron chi connectivity index (χ0n) is 22.6. The first-order chi connectivity index (χ1) is 19.7. The lowest BCUT2D eigenvalue weighted by Gasteiger charge is -2.15. The van der Waals surface area contributed by atoms with Gasteiger partial charge in [0.1, 0.15) is 28.8 Å². The van der Waals surface area contributed by atoms with Crippen LogP contribution in [0.15, 0.2) is 81.9 Å². The van der Waals surface area contributed by atoms with E-state index in [2.05, 4.69) is 27.6 Å². The number of aliphatic hydroxyl groups excluding tert-OH is 1. The van der Waals surface area contributed by atoms with Gasteiger partial charge in [-0.1, -0.05) is 48.2 Å². The van der Waals surface area contributed by atoms with Crippen molar-refractivity contribution < 1.29 is 33.3 Å². The van der Waals surface area contributed by atoms with Crippen molar-refractivity contribution in [2.75, 3.05) is 13.2 Å². The second kappa shape index (κ2) is 13.8. The van der Waals surface area contributed by atoms with E-state index in [1.54, 1.807) is 68.5 Å². The lowest BCUT2D eigenvalue weighted by molar-refractivity contribution is -0.138. The third-order valence-corrected chi connectivity index (χ3v) is 7.73. The predicted molar refractivity (Wildman–Crippen MR) is 166 cm³/mol. The fourth-order valence-electron chi connectivity index (χ4n) is 3.95. The quantitative estimate of drug-likeness (QED) is 0.185. The summed E-state index contributed by atoms with van der Waals surface area (Å²) < 4.78 is 31.7. The fraction of sp³-hybridized carbons (Fsp3) is 0.194. The normalized spacial score (nSPS) is 15.0. The first-order valence-corrected chi connectivity index (χ1v) is 14.6. The molecular weight excluding hydrogens is 660 g/mol. The summed E-state index contributed by atoms with van der Waals surface area (Å²) in [6.45, 7) is 5.73. The monoisotopic (exact) mass is 687 g/mol. The summed E-state index contributed by atoms with van der Waals surface area (Å²) in [5, 5.41) is 11.1. The van der Waals surface area contributed by atoms with Gasteiger partial charge in [0.25, 0.3) is 5.91 Å². The molecule has 7 nitrogen and oxygen atoms in total. The molecule has 1 N–H and O–H groups in total. The molecule has 3 aromatic rings. The highest BCUT2D eigenvalue weighted by Gasteiger charge is 2.34. The van der Waals surface area contributed by atoms with Crippen molar-refractivity contribution >= 4 is 57.3 Å². The summed E-state index contributed by atoms with van der Waals surface area (Å²) in [5.74, 6) is -1.13. The van der Waals surface area contributed by atoms with Crippen molar-refractivity contribution in [2.24, 2.45) is 4.99 Å². The lowest BCUT2D eigenvalue weighted by Crippen LogP contribution is -2.14. The van der Waals surface area contributed by atoms with E-state index in [1.807, 2.05) is 13.0 Å². The van der Waals surface area contributed by atoms with Crippen LogP contribution in [0.2, 0.25) is 0 Å². The summed E-state index contributed by atoms with van der Waals surface area (Å²) in [6.07, 6.45) is 1.66. The molecule has 0 fully saturated rings. The number of hydrogen-bond donors (Lipinski definition) is 1. The Kier molecular flexibility index (Phi) is 10.2. The van der Waals surface area contributed by atoms with E-state index in [0.29, 0.717) is 43.3 Å². The Morgan fingerprint density at radius 1 is 1.05 bits per heavy atom. The number of esters is 1. The molecule has 0 unspecified atom stereocenters. The Bertz CT molecular complexity index is 1580. The van der Waals surface area contributed by atoms with E-state index < -0.39 is 11.9 Å². The summed E-state index contributed by atoms with van der Waals surface area (Å²) in [5.41, 5.74) is 2.01. The number of aliphatic hydroxyl groups is 1. The van der Waals surface area contributed by atoms with Gasteiger partial charge in [-0.2, -0.15) is 0 Å². The number of carbonyl (C=O) groups excluding carboxylic acids is 2. The van der Waals surface area contributed by atoms with Gasteiger partial charge in [0.05, 0.1) is 21.7 Å². The van der Waals surface area contributed by atoms with Crippen LogP contribution in [-0.4, -0.2) is 35.2 Å². The number of amides is 1. The van der Waals surface area contributed by atoms with E-state index >= 15 is 0 Å². The Labute approximate surface area is 255 Å². The molecule has 1 amide bonds. The van der Waals surface area contributed by atoms with Gasteiger partial charge in [0, 0.05) is 11.1 Å². The van der Waals surface area contributed by atoms with Crippen molar-refractivity contribution in [3.8, 4) is 11.5 Å². The number of hydrogen-bond acceptors (Lipinski definition) is 7. The third kappa shape index (κ3) is 7.17. The van der Waals surface area contributed by atoms with E-state index in [1.165, 1.54) is 6.07 Å². The van der Waals surface area contributed by atoms with Gasteiger partial charge >= 0.3 is 5.97 Å². The molecule has 0 radical (unpaired) electrons. The van der Waals surface area contributed by atoms with Gasteiger partial charge in [0.2, 0.25) is 0 Å². The molecule has 0 aromatic heterocycles. The van der Waals surface area contributed by atoms with Crippen molar-refractivity contribution in [3.05, 3.63) is 109 Å². The number of rotatable bonds is 9. The first kappa shape index (κ1) is 30.3. The first-order valence-electron chi connectivity index (χ1n) is 12.7. The number of carbonyl (C=O) groups is 2.